The number of imide groups is 1. The van der Waals surface area contributed by atoms with Crippen molar-refractivity contribution >= 4 is 24.5 Å². The summed E-state index contributed by atoms with van der Waals surface area (Å²) < 4.78 is 51.1. The number of carbonyl (C=O) groups is 2. The quantitative estimate of drug-likeness (QED) is 0.526. The van der Waals surface area contributed by atoms with Gasteiger partial charge in [0.15, 0.2) is 11.6 Å². The minimum Gasteiger partial charge on any atom is -0.496 e. The number of hydrogen-bond donors (Lipinski definition) is 1. The van der Waals surface area contributed by atoms with E-state index in [0.29, 0.717) is 29.8 Å². The monoisotopic (exact) mass is 553 g/mol. The van der Waals surface area contributed by atoms with Gasteiger partial charge in [-0.15, -0.1) is 12.4 Å². The highest BCUT2D eigenvalue weighted by Gasteiger charge is 2.41. The predicted octanol–water partition coefficient (Wildman–Crippen LogP) is 5.54. The van der Waals surface area contributed by atoms with Crippen molar-refractivity contribution in [2.75, 3.05) is 26.8 Å². The summed E-state index contributed by atoms with van der Waals surface area (Å²) in [6, 6.07) is 6.86. The Bertz CT molecular complexity index is 1180. The highest BCUT2D eigenvalue weighted by Crippen LogP contribution is 2.39. The molecule has 2 aromatic carbocycles. The van der Waals surface area contributed by atoms with Gasteiger partial charge in [-0.3, -0.25) is 4.90 Å². The summed E-state index contributed by atoms with van der Waals surface area (Å²) in [6.07, 6.45) is 3.85. The second-order valence-electron chi connectivity index (χ2n) is 9.96. The third-order valence-corrected chi connectivity index (χ3v) is 7.82. The maximum absolute atomic E-state index is 13.7. The fraction of sp³-hybridized carbons (Fsp3) is 0.481. The maximum atomic E-state index is 13.7. The van der Waals surface area contributed by atoms with Crippen LogP contribution in [0.25, 0.3) is 0 Å². The van der Waals surface area contributed by atoms with Crippen LogP contribution in [0, 0.1) is 17.5 Å². The van der Waals surface area contributed by atoms with Crippen molar-refractivity contribution in [2.45, 2.75) is 56.1 Å². The Labute approximate surface area is 225 Å². The van der Waals surface area contributed by atoms with Gasteiger partial charge in [0.05, 0.1) is 7.11 Å². The van der Waals surface area contributed by atoms with Crippen molar-refractivity contribution in [3.8, 4) is 5.75 Å². The molecule has 3 aliphatic rings. The first-order valence-electron chi connectivity index (χ1n) is 12.6. The van der Waals surface area contributed by atoms with Crippen LogP contribution in [0.1, 0.15) is 55.2 Å². The fourth-order valence-corrected chi connectivity index (χ4v) is 5.87. The highest BCUT2D eigenvalue weighted by molar-refractivity contribution is 5.92. The number of likely N-dealkylation sites (tertiary alicyclic amines) is 1. The molecule has 2 heterocycles. The van der Waals surface area contributed by atoms with Crippen molar-refractivity contribution in [3.63, 3.8) is 0 Å². The molecule has 2 atom stereocenters. The lowest BCUT2D eigenvalue weighted by molar-refractivity contribution is 0.155. The molecule has 0 unspecified atom stereocenters. The van der Waals surface area contributed by atoms with Gasteiger partial charge in [-0.2, -0.15) is 0 Å². The molecule has 3 amide bonds. The molecule has 1 aliphatic carbocycles. The van der Waals surface area contributed by atoms with Gasteiger partial charge in [0.1, 0.15) is 24.2 Å². The van der Waals surface area contributed by atoms with E-state index in [-0.39, 0.29) is 30.9 Å². The van der Waals surface area contributed by atoms with Crippen molar-refractivity contribution in [2.24, 2.45) is 0 Å². The van der Waals surface area contributed by atoms with E-state index < -0.39 is 29.8 Å². The van der Waals surface area contributed by atoms with Gasteiger partial charge in [-0.1, -0.05) is 12.1 Å². The molecule has 2 saturated heterocycles. The number of methoxy groups -OCH3 is 1. The summed E-state index contributed by atoms with van der Waals surface area (Å²) in [6.45, 7) is 1.38. The molecule has 1 N–H and O–H groups in total. The van der Waals surface area contributed by atoms with E-state index in [4.69, 9.17) is 9.47 Å². The van der Waals surface area contributed by atoms with Gasteiger partial charge in [0.2, 0.25) is 0 Å². The zero-order chi connectivity index (χ0) is 26.1. The van der Waals surface area contributed by atoms with Gasteiger partial charge in [-0.05, 0) is 67.3 Å². The van der Waals surface area contributed by atoms with Crippen LogP contribution in [0.4, 0.5) is 22.8 Å². The number of nitrogens with zero attached hydrogens (tertiary/aromatic N) is 2. The minimum atomic E-state index is -1.05. The highest BCUT2D eigenvalue weighted by atomic mass is 35.5. The summed E-state index contributed by atoms with van der Waals surface area (Å²) in [7, 11) is 1.56. The largest absolute Gasteiger partial charge is 0.496 e. The van der Waals surface area contributed by atoms with Crippen molar-refractivity contribution < 1.29 is 32.2 Å². The van der Waals surface area contributed by atoms with Crippen molar-refractivity contribution in [3.05, 3.63) is 65.0 Å². The summed E-state index contributed by atoms with van der Waals surface area (Å²) in [5.74, 6) is -1.44. The lowest BCUT2D eigenvalue weighted by Gasteiger charge is -2.35. The fourth-order valence-electron chi connectivity index (χ4n) is 5.87. The Morgan fingerprint density at radius 2 is 1.79 bits per heavy atom. The molecule has 0 bridgehead atoms. The number of rotatable bonds is 5. The smallest absolute Gasteiger partial charge is 0.418 e. The van der Waals surface area contributed by atoms with Crippen LogP contribution in [0.5, 0.6) is 5.75 Å². The van der Waals surface area contributed by atoms with Crippen LogP contribution < -0.4 is 10.1 Å². The van der Waals surface area contributed by atoms with Crippen LogP contribution in [0.3, 0.4) is 0 Å². The van der Waals surface area contributed by atoms with Gasteiger partial charge in [-0.25, -0.2) is 27.7 Å². The normalized spacial score (nSPS) is 25.6. The molecular formula is C27H31ClF3N3O4. The number of ether oxygens (including phenoxy) is 2. The molecule has 2 aliphatic heterocycles. The average Bonchev–Trinajstić information content (AvgIpc) is 3.52. The first kappa shape index (κ1) is 28.0. The van der Waals surface area contributed by atoms with Gasteiger partial charge in [0, 0.05) is 31.2 Å². The van der Waals surface area contributed by atoms with Crippen molar-refractivity contribution in [1.29, 1.82) is 0 Å². The van der Waals surface area contributed by atoms with Gasteiger partial charge in [0.25, 0.3) is 0 Å². The lowest BCUT2D eigenvalue weighted by Crippen LogP contribution is -2.47. The second kappa shape index (κ2) is 11.8. The van der Waals surface area contributed by atoms with E-state index in [1.165, 1.54) is 18.2 Å². The molecule has 5 rings (SSSR count). The summed E-state index contributed by atoms with van der Waals surface area (Å²) >= 11 is 0. The number of nitrogens with one attached hydrogen (secondary N) is 1. The molecule has 2 aromatic rings. The van der Waals surface area contributed by atoms with Gasteiger partial charge >= 0.3 is 12.1 Å². The number of cyclic esters (lactones) is 1. The van der Waals surface area contributed by atoms with Crippen LogP contribution in [-0.4, -0.2) is 60.8 Å². The Balaban J connectivity index is 0.00000336. The molecule has 0 radical (unpaired) electrons. The molecule has 1 saturated carbocycles. The predicted molar refractivity (Wildman–Crippen MR) is 136 cm³/mol. The molecule has 38 heavy (non-hydrogen) atoms. The Morgan fingerprint density at radius 3 is 2.50 bits per heavy atom. The average molecular weight is 554 g/mol. The van der Waals surface area contributed by atoms with Crippen LogP contribution >= 0.6 is 12.4 Å². The maximum Gasteiger partial charge on any atom is 0.418 e. The first-order valence-corrected chi connectivity index (χ1v) is 12.6. The summed E-state index contributed by atoms with van der Waals surface area (Å²) in [5.41, 5.74) is 1.34. The van der Waals surface area contributed by atoms with E-state index in [1.807, 2.05) is 6.07 Å². The molecule has 7 nitrogen and oxygen atoms in total. The van der Waals surface area contributed by atoms with E-state index in [2.05, 4.69) is 10.2 Å². The number of urea groups is 1. The Morgan fingerprint density at radius 1 is 1.03 bits per heavy atom. The summed E-state index contributed by atoms with van der Waals surface area (Å²) in [5, 5.41) is 2.93. The van der Waals surface area contributed by atoms with Crippen molar-refractivity contribution in [1.82, 2.24) is 15.1 Å². The topological polar surface area (TPSA) is 71.1 Å². The number of carbonyl (C=O) groups excluding carboxylic acids is 2. The number of benzene rings is 2. The molecule has 11 heteroatoms. The Kier molecular flexibility index (Phi) is 8.72. The summed E-state index contributed by atoms with van der Waals surface area (Å²) in [4.78, 5) is 28.6. The zero-order valence-corrected chi connectivity index (χ0v) is 21.8. The molecule has 0 aromatic heterocycles. The standard InChI is InChI=1S/C27H30F3N3O4.ClH/c1-36-25-13-18(28)5-8-21(25)16-2-6-20(7-3-16)32-11-10-19(14-32)31-26(34)33-24(15-37-27(33)35)17-4-9-22(29)23(30)12-17;/h4-5,8-9,12-13,16,19-20,24H,2-3,6-7,10-11,14-15H2,1H3,(H,31,34);1H/t16?,19-,20?,24-;/m1./s1. The van der Waals surface area contributed by atoms with E-state index in [1.54, 1.807) is 7.11 Å². The number of halogens is 4. The third kappa shape index (κ3) is 5.71. The van der Waals surface area contributed by atoms with Gasteiger partial charge < -0.3 is 14.8 Å². The minimum absolute atomic E-state index is 0. The Hall–Kier alpha value is -2.98. The zero-order valence-electron chi connectivity index (χ0n) is 21.0. The lowest BCUT2D eigenvalue weighted by atomic mass is 9.81. The van der Waals surface area contributed by atoms with Crippen LogP contribution in [0.15, 0.2) is 36.4 Å². The third-order valence-electron chi connectivity index (χ3n) is 7.82. The molecule has 0 spiro atoms. The van der Waals surface area contributed by atoms with E-state index in [0.717, 1.165) is 61.2 Å². The SMILES string of the molecule is COc1cc(F)ccc1C1CCC(N2CC[C@@H](NC(=O)N3C(=O)OC[C@@H]3c3ccc(F)c(F)c3)C2)CC1.Cl. The molecular weight excluding hydrogens is 523 g/mol. The first-order chi connectivity index (χ1) is 17.8. The molecule has 3 fully saturated rings. The molecule has 206 valence electrons. The van der Waals surface area contributed by atoms with Crippen LogP contribution in [0.2, 0.25) is 0 Å². The van der Waals surface area contributed by atoms with E-state index >= 15 is 0 Å². The van der Waals surface area contributed by atoms with E-state index in [9.17, 15) is 22.8 Å². The second-order valence-corrected chi connectivity index (χ2v) is 9.96. The number of amides is 3. The number of hydrogen-bond acceptors (Lipinski definition) is 5. The van der Waals surface area contributed by atoms with Crippen LogP contribution in [-0.2, 0) is 4.74 Å².